The van der Waals surface area contributed by atoms with Gasteiger partial charge < -0.3 is 10.2 Å². The van der Waals surface area contributed by atoms with Crippen LogP contribution in [0.5, 0.6) is 0 Å². The fourth-order valence-electron chi connectivity index (χ4n) is 2.91. The van der Waals surface area contributed by atoms with Crippen molar-refractivity contribution in [1.82, 2.24) is 4.98 Å². The lowest BCUT2D eigenvalue weighted by Crippen LogP contribution is -2.22. The lowest BCUT2D eigenvalue weighted by Gasteiger charge is -2.21. The van der Waals surface area contributed by atoms with Gasteiger partial charge in [-0.1, -0.05) is 0 Å². The monoisotopic (exact) mass is 311 g/mol. The maximum absolute atomic E-state index is 12.2. The quantitative estimate of drug-likeness (QED) is 0.787. The van der Waals surface area contributed by atoms with E-state index in [2.05, 4.69) is 31.3 Å². The van der Waals surface area contributed by atoms with Crippen molar-refractivity contribution in [2.24, 2.45) is 10.2 Å². The molecule has 0 unspecified atom stereocenters. The first kappa shape index (κ1) is 15.5. The molecule has 2 aliphatic rings. The van der Waals surface area contributed by atoms with Gasteiger partial charge >= 0.3 is 0 Å². The first-order valence-electron chi connectivity index (χ1n) is 8.09. The number of nitrogens with zero attached hydrogens (tertiary/aromatic N) is 4. The molecule has 23 heavy (non-hydrogen) atoms. The van der Waals surface area contributed by atoms with Crippen LogP contribution in [0.25, 0.3) is 0 Å². The van der Waals surface area contributed by atoms with Gasteiger partial charge in [0, 0.05) is 45.0 Å². The van der Waals surface area contributed by atoms with Crippen LogP contribution in [-0.4, -0.2) is 29.6 Å². The second-order valence-electron chi connectivity index (χ2n) is 6.02. The highest BCUT2D eigenvalue weighted by Crippen LogP contribution is 2.37. The molecule has 1 aromatic rings. The fraction of sp³-hybridized carbons (Fsp3) is 0.529. The third-order valence-corrected chi connectivity index (χ3v) is 4.32. The Morgan fingerprint density at radius 1 is 1.35 bits per heavy atom. The number of carbonyl (C=O) groups is 1. The summed E-state index contributed by atoms with van der Waals surface area (Å²) in [6, 6.07) is 1.96. The Morgan fingerprint density at radius 3 is 2.83 bits per heavy atom. The molecule has 6 heteroatoms. The van der Waals surface area contributed by atoms with Crippen molar-refractivity contribution < 1.29 is 4.79 Å². The predicted molar refractivity (Wildman–Crippen MR) is 89.2 cm³/mol. The zero-order valence-electron chi connectivity index (χ0n) is 13.2. The second-order valence-corrected chi connectivity index (χ2v) is 6.02. The molecule has 1 amide bonds. The average Bonchev–Trinajstić information content (AvgIpc) is 3.13. The van der Waals surface area contributed by atoms with E-state index in [0.29, 0.717) is 19.3 Å². The van der Waals surface area contributed by atoms with Crippen LogP contribution >= 0.6 is 0 Å². The minimum atomic E-state index is -0.406. The van der Waals surface area contributed by atoms with Gasteiger partial charge in [0.05, 0.1) is 17.6 Å². The van der Waals surface area contributed by atoms with E-state index in [1.807, 2.05) is 6.07 Å². The molecule has 0 atom stereocenters. The number of aromatic nitrogens is 1. The lowest BCUT2D eigenvalue weighted by molar-refractivity contribution is -0.116. The second kappa shape index (κ2) is 6.78. The highest BCUT2D eigenvalue weighted by Gasteiger charge is 2.39. The van der Waals surface area contributed by atoms with E-state index in [1.165, 1.54) is 12.8 Å². The van der Waals surface area contributed by atoms with Gasteiger partial charge in [0.15, 0.2) is 5.66 Å². The van der Waals surface area contributed by atoms with Gasteiger partial charge in [-0.3, -0.25) is 9.78 Å². The summed E-state index contributed by atoms with van der Waals surface area (Å²) in [5, 5.41) is 11.1. The number of carbonyl (C=O) groups excluding carboxylic acids is 1. The first-order valence-corrected chi connectivity index (χ1v) is 8.09. The van der Waals surface area contributed by atoms with Crippen LogP contribution in [-0.2, 0) is 4.79 Å². The van der Waals surface area contributed by atoms with Crippen LogP contribution < -0.4 is 10.2 Å². The maximum atomic E-state index is 12.2. The summed E-state index contributed by atoms with van der Waals surface area (Å²) in [5.74, 6) is 2.56. The molecule has 2 aliphatic heterocycles. The molecule has 0 aromatic carbocycles. The predicted octanol–water partition coefficient (Wildman–Crippen LogP) is 2.98. The molecule has 1 aromatic heterocycles. The molecule has 1 saturated heterocycles. The Hall–Kier alpha value is -2.42. The summed E-state index contributed by atoms with van der Waals surface area (Å²) in [7, 11) is 0. The van der Waals surface area contributed by atoms with Gasteiger partial charge in [0.1, 0.15) is 0 Å². The number of pyridine rings is 1. The van der Waals surface area contributed by atoms with Gasteiger partial charge in [-0.15, -0.1) is 12.3 Å². The summed E-state index contributed by atoms with van der Waals surface area (Å²) < 4.78 is 0. The van der Waals surface area contributed by atoms with Gasteiger partial charge in [-0.2, -0.15) is 10.2 Å². The van der Waals surface area contributed by atoms with Crippen molar-refractivity contribution in [3.8, 4) is 12.3 Å². The molecular weight excluding hydrogens is 290 g/mol. The molecule has 0 saturated carbocycles. The smallest absolute Gasteiger partial charge is 0.224 e. The number of terminal acetylenes is 1. The Kier molecular flexibility index (Phi) is 4.56. The highest BCUT2D eigenvalue weighted by atomic mass is 16.1. The number of hydrogen-bond acceptors (Lipinski definition) is 5. The standard InChI is InChI=1S/C17H21N5O/c1-2-3-8-17(20-21-17)9-6-16(23)19-14-13-18-10-7-15(14)22-11-4-5-12-22/h1,7,10,13H,3-6,8-9,11-12H2,(H,19,23). The van der Waals surface area contributed by atoms with Crippen molar-refractivity contribution in [2.75, 3.05) is 23.3 Å². The summed E-state index contributed by atoms with van der Waals surface area (Å²) in [6.45, 7) is 2.06. The van der Waals surface area contributed by atoms with E-state index in [9.17, 15) is 4.79 Å². The summed E-state index contributed by atoms with van der Waals surface area (Å²) >= 11 is 0. The largest absolute Gasteiger partial charge is 0.370 e. The van der Waals surface area contributed by atoms with Gasteiger partial charge in [-0.05, 0) is 18.9 Å². The van der Waals surface area contributed by atoms with E-state index in [4.69, 9.17) is 6.42 Å². The van der Waals surface area contributed by atoms with Crippen LogP contribution in [0.4, 0.5) is 11.4 Å². The number of nitrogens with one attached hydrogen (secondary N) is 1. The first-order chi connectivity index (χ1) is 11.2. The van der Waals surface area contributed by atoms with Crippen molar-refractivity contribution >= 4 is 17.3 Å². The van der Waals surface area contributed by atoms with Crippen LogP contribution in [0.1, 0.15) is 38.5 Å². The van der Waals surface area contributed by atoms with Crippen molar-refractivity contribution in [3.63, 3.8) is 0 Å². The van der Waals surface area contributed by atoms with Gasteiger partial charge in [0.2, 0.25) is 5.91 Å². The Balaban J connectivity index is 1.55. The average molecular weight is 311 g/mol. The number of hydrogen-bond donors (Lipinski definition) is 1. The van der Waals surface area contributed by atoms with E-state index >= 15 is 0 Å². The highest BCUT2D eigenvalue weighted by molar-refractivity contribution is 5.94. The van der Waals surface area contributed by atoms with E-state index in [0.717, 1.165) is 30.9 Å². The molecule has 0 bridgehead atoms. The van der Waals surface area contributed by atoms with Crippen molar-refractivity contribution in [1.29, 1.82) is 0 Å². The summed E-state index contributed by atoms with van der Waals surface area (Å²) in [5.41, 5.74) is 1.42. The molecule has 0 aliphatic carbocycles. The number of anilines is 2. The Bertz CT molecular complexity index is 637. The fourth-order valence-corrected chi connectivity index (χ4v) is 2.91. The van der Waals surface area contributed by atoms with E-state index in [-0.39, 0.29) is 5.91 Å². The van der Waals surface area contributed by atoms with Gasteiger partial charge in [0.25, 0.3) is 0 Å². The molecular formula is C17H21N5O. The lowest BCUT2D eigenvalue weighted by atomic mass is 10.0. The molecule has 3 heterocycles. The maximum Gasteiger partial charge on any atom is 0.224 e. The Morgan fingerprint density at radius 2 is 2.13 bits per heavy atom. The molecule has 0 spiro atoms. The molecule has 6 nitrogen and oxygen atoms in total. The number of amides is 1. The zero-order valence-corrected chi connectivity index (χ0v) is 13.2. The molecule has 3 rings (SSSR count). The molecule has 1 N–H and O–H groups in total. The third-order valence-electron chi connectivity index (χ3n) is 4.32. The number of rotatable bonds is 7. The topological polar surface area (TPSA) is 70.0 Å². The normalized spacial score (nSPS) is 17.8. The van der Waals surface area contributed by atoms with Crippen LogP contribution in [0.2, 0.25) is 0 Å². The van der Waals surface area contributed by atoms with Gasteiger partial charge in [-0.25, -0.2) is 0 Å². The van der Waals surface area contributed by atoms with Crippen molar-refractivity contribution in [3.05, 3.63) is 18.5 Å². The summed E-state index contributed by atoms with van der Waals surface area (Å²) in [4.78, 5) is 18.7. The third kappa shape index (κ3) is 3.86. The van der Waals surface area contributed by atoms with E-state index < -0.39 is 5.66 Å². The molecule has 0 radical (unpaired) electrons. The minimum Gasteiger partial charge on any atom is -0.370 e. The van der Waals surface area contributed by atoms with Crippen LogP contribution in [0.3, 0.4) is 0 Å². The van der Waals surface area contributed by atoms with Crippen molar-refractivity contribution in [2.45, 2.75) is 44.2 Å². The summed E-state index contributed by atoms with van der Waals surface area (Å²) in [6.07, 6.45) is 13.5. The SMILES string of the molecule is C#CCCC1(CCC(=O)Nc2cnccc2N2CCCC2)N=N1. The molecule has 1 fully saturated rings. The Labute approximate surface area is 136 Å². The van der Waals surface area contributed by atoms with Crippen LogP contribution in [0.15, 0.2) is 28.7 Å². The zero-order chi connectivity index (χ0) is 16.1. The molecule has 120 valence electrons. The minimum absolute atomic E-state index is 0.0316. The van der Waals surface area contributed by atoms with Crippen LogP contribution in [0, 0.1) is 12.3 Å². The van der Waals surface area contributed by atoms with E-state index in [1.54, 1.807) is 12.4 Å².